The Balaban J connectivity index is 1.65. The summed E-state index contributed by atoms with van der Waals surface area (Å²) in [6.07, 6.45) is 1.51. The van der Waals surface area contributed by atoms with Gasteiger partial charge in [0.25, 0.3) is 11.8 Å². The number of rotatable bonds is 3. The van der Waals surface area contributed by atoms with Gasteiger partial charge >= 0.3 is 0 Å². The first-order chi connectivity index (χ1) is 9.66. The molecule has 5 nitrogen and oxygen atoms in total. The van der Waals surface area contributed by atoms with Crippen LogP contribution in [0.4, 0.5) is 0 Å². The molecule has 1 aromatic rings. The van der Waals surface area contributed by atoms with Crippen molar-refractivity contribution in [3.8, 4) is 0 Å². The average molecular weight is 274 g/mol. The molecule has 20 heavy (non-hydrogen) atoms. The number of hydrogen-bond donors (Lipinski definition) is 1. The molecule has 0 spiro atoms. The molecule has 2 amide bonds. The SMILES string of the molecule is O=C1c2ccccc2C(=O)N1CCN1CCC[C@@H](O)C1. The number of fused-ring (bicyclic) bond motifs is 1. The molecule has 0 radical (unpaired) electrons. The lowest BCUT2D eigenvalue weighted by atomic mass is 10.1. The topological polar surface area (TPSA) is 60.9 Å². The maximum absolute atomic E-state index is 12.2. The van der Waals surface area contributed by atoms with Gasteiger partial charge in [0.1, 0.15) is 0 Å². The maximum Gasteiger partial charge on any atom is 0.261 e. The predicted octanol–water partition coefficient (Wildman–Crippen LogP) is 0.739. The van der Waals surface area contributed by atoms with Crippen LogP contribution in [0.5, 0.6) is 0 Å². The Bertz CT molecular complexity index is 509. The second-order valence-electron chi connectivity index (χ2n) is 5.40. The first kappa shape index (κ1) is 13.3. The molecule has 0 unspecified atom stereocenters. The fourth-order valence-electron chi connectivity index (χ4n) is 2.92. The number of likely N-dealkylation sites (tertiary alicyclic amines) is 1. The molecule has 1 N–H and O–H groups in total. The van der Waals surface area contributed by atoms with Crippen molar-refractivity contribution in [2.24, 2.45) is 0 Å². The number of piperidine rings is 1. The first-order valence-corrected chi connectivity index (χ1v) is 7.02. The third-order valence-corrected chi connectivity index (χ3v) is 4.00. The summed E-state index contributed by atoms with van der Waals surface area (Å²) in [7, 11) is 0. The van der Waals surface area contributed by atoms with E-state index in [1.165, 1.54) is 4.90 Å². The van der Waals surface area contributed by atoms with Gasteiger partial charge in [-0.1, -0.05) is 12.1 Å². The number of β-amino-alcohol motifs (C(OH)–C–C–N with tert-alkyl or cyclic N) is 1. The van der Waals surface area contributed by atoms with Crippen LogP contribution >= 0.6 is 0 Å². The van der Waals surface area contributed by atoms with E-state index in [0.29, 0.717) is 30.8 Å². The summed E-state index contributed by atoms with van der Waals surface area (Å²) in [6.45, 7) is 2.56. The van der Waals surface area contributed by atoms with Gasteiger partial charge in [0.15, 0.2) is 0 Å². The lowest BCUT2D eigenvalue weighted by Gasteiger charge is -2.30. The highest BCUT2D eigenvalue weighted by Gasteiger charge is 2.35. The van der Waals surface area contributed by atoms with Gasteiger partial charge in [-0.15, -0.1) is 0 Å². The molecule has 0 aromatic heterocycles. The number of aliphatic hydroxyl groups is 1. The summed E-state index contributed by atoms with van der Waals surface area (Å²) in [4.78, 5) is 27.8. The van der Waals surface area contributed by atoms with Crippen molar-refractivity contribution in [1.29, 1.82) is 0 Å². The van der Waals surface area contributed by atoms with Gasteiger partial charge in [-0.05, 0) is 31.5 Å². The fraction of sp³-hybridized carbons (Fsp3) is 0.467. The van der Waals surface area contributed by atoms with Crippen molar-refractivity contribution in [3.05, 3.63) is 35.4 Å². The summed E-state index contributed by atoms with van der Waals surface area (Å²) < 4.78 is 0. The standard InChI is InChI=1S/C15H18N2O3/c18-11-4-3-7-16(10-11)8-9-17-14(19)12-5-1-2-6-13(12)15(17)20/h1-2,5-6,11,18H,3-4,7-10H2/t11-/m1/s1. The zero-order chi connectivity index (χ0) is 14.1. The van der Waals surface area contributed by atoms with E-state index in [0.717, 1.165) is 19.4 Å². The Labute approximate surface area is 117 Å². The second-order valence-corrected chi connectivity index (χ2v) is 5.40. The molecule has 1 saturated heterocycles. The fourth-order valence-corrected chi connectivity index (χ4v) is 2.92. The minimum Gasteiger partial charge on any atom is -0.392 e. The molecule has 2 aliphatic rings. The zero-order valence-corrected chi connectivity index (χ0v) is 11.3. The minimum absolute atomic E-state index is 0.205. The van der Waals surface area contributed by atoms with E-state index in [4.69, 9.17) is 0 Å². The highest BCUT2D eigenvalue weighted by atomic mass is 16.3. The Kier molecular flexibility index (Phi) is 3.54. The van der Waals surface area contributed by atoms with E-state index in [2.05, 4.69) is 4.90 Å². The lowest BCUT2D eigenvalue weighted by molar-refractivity contribution is 0.0539. The number of nitrogens with zero attached hydrogens (tertiary/aromatic N) is 2. The number of amides is 2. The normalized spacial score (nSPS) is 23.2. The molecule has 0 saturated carbocycles. The third kappa shape index (κ3) is 2.34. The number of carbonyl (C=O) groups is 2. The first-order valence-electron chi connectivity index (χ1n) is 7.02. The average Bonchev–Trinajstić information content (AvgIpc) is 2.70. The Morgan fingerprint density at radius 2 is 1.75 bits per heavy atom. The van der Waals surface area contributed by atoms with E-state index >= 15 is 0 Å². The van der Waals surface area contributed by atoms with Crippen molar-refractivity contribution in [2.45, 2.75) is 18.9 Å². The molecule has 2 aliphatic heterocycles. The predicted molar refractivity (Wildman–Crippen MR) is 73.5 cm³/mol. The number of hydrogen-bond acceptors (Lipinski definition) is 4. The van der Waals surface area contributed by atoms with Crippen molar-refractivity contribution < 1.29 is 14.7 Å². The van der Waals surface area contributed by atoms with Crippen molar-refractivity contribution in [2.75, 3.05) is 26.2 Å². The van der Waals surface area contributed by atoms with Crippen LogP contribution in [0.1, 0.15) is 33.6 Å². The van der Waals surface area contributed by atoms with Gasteiger partial charge in [-0.2, -0.15) is 0 Å². The van der Waals surface area contributed by atoms with Crippen LogP contribution in [0.3, 0.4) is 0 Å². The van der Waals surface area contributed by atoms with Crippen LogP contribution < -0.4 is 0 Å². The van der Waals surface area contributed by atoms with Crippen LogP contribution in [-0.4, -0.2) is 59.0 Å². The second kappa shape index (κ2) is 5.34. The van der Waals surface area contributed by atoms with Crippen molar-refractivity contribution in [1.82, 2.24) is 9.80 Å². The van der Waals surface area contributed by atoms with Crippen LogP contribution in [0.15, 0.2) is 24.3 Å². The summed E-state index contributed by atoms with van der Waals surface area (Å²) in [5.41, 5.74) is 0.993. The molecule has 5 heteroatoms. The molecule has 1 atom stereocenters. The quantitative estimate of drug-likeness (QED) is 0.826. The third-order valence-electron chi connectivity index (χ3n) is 4.00. The van der Waals surface area contributed by atoms with E-state index in [1.54, 1.807) is 24.3 Å². The van der Waals surface area contributed by atoms with Crippen molar-refractivity contribution in [3.63, 3.8) is 0 Å². The Hall–Kier alpha value is -1.72. The molecular formula is C15H18N2O3. The van der Waals surface area contributed by atoms with Crippen LogP contribution in [-0.2, 0) is 0 Å². The van der Waals surface area contributed by atoms with Gasteiger partial charge in [0, 0.05) is 19.6 Å². The van der Waals surface area contributed by atoms with E-state index in [9.17, 15) is 14.7 Å². The van der Waals surface area contributed by atoms with E-state index in [1.807, 2.05) is 0 Å². The highest BCUT2D eigenvalue weighted by molar-refractivity contribution is 6.21. The maximum atomic E-state index is 12.2. The summed E-state index contributed by atoms with van der Waals surface area (Å²) >= 11 is 0. The number of aliphatic hydroxyl groups excluding tert-OH is 1. The largest absolute Gasteiger partial charge is 0.392 e. The number of carbonyl (C=O) groups excluding carboxylic acids is 2. The minimum atomic E-state index is -0.286. The molecule has 2 heterocycles. The van der Waals surface area contributed by atoms with E-state index in [-0.39, 0.29) is 17.9 Å². The van der Waals surface area contributed by atoms with Gasteiger partial charge in [-0.3, -0.25) is 19.4 Å². The summed E-state index contributed by atoms with van der Waals surface area (Å²) in [6, 6.07) is 6.93. The van der Waals surface area contributed by atoms with Crippen LogP contribution in [0, 0.1) is 0 Å². The molecule has 0 bridgehead atoms. The monoisotopic (exact) mass is 274 g/mol. The van der Waals surface area contributed by atoms with Gasteiger partial charge in [-0.25, -0.2) is 0 Å². The molecule has 3 rings (SSSR count). The van der Waals surface area contributed by atoms with Gasteiger partial charge in [0.2, 0.25) is 0 Å². The van der Waals surface area contributed by atoms with Crippen molar-refractivity contribution >= 4 is 11.8 Å². The highest BCUT2D eigenvalue weighted by Crippen LogP contribution is 2.22. The molecule has 1 aromatic carbocycles. The van der Waals surface area contributed by atoms with Crippen LogP contribution in [0.2, 0.25) is 0 Å². The number of imide groups is 1. The Morgan fingerprint density at radius 1 is 1.10 bits per heavy atom. The smallest absolute Gasteiger partial charge is 0.261 e. The summed E-state index contributed by atoms with van der Waals surface area (Å²) in [5, 5.41) is 9.63. The molecular weight excluding hydrogens is 256 g/mol. The molecule has 106 valence electrons. The van der Waals surface area contributed by atoms with Gasteiger partial charge < -0.3 is 5.11 Å². The molecule has 0 aliphatic carbocycles. The Morgan fingerprint density at radius 3 is 2.35 bits per heavy atom. The van der Waals surface area contributed by atoms with Crippen LogP contribution in [0.25, 0.3) is 0 Å². The van der Waals surface area contributed by atoms with E-state index < -0.39 is 0 Å². The van der Waals surface area contributed by atoms with Gasteiger partial charge in [0.05, 0.1) is 17.2 Å². The zero-order valence-electron chi connectivity index (χ0n) is 11.3. The summed E-state index contributed by atoms with van der Waals surface area (Å²) in [5.74, 6) is -0.411. The number of benzene rings is 1. The molecule has 1 fully saturated rings. The lowest BCUT2D eigenvalue weighted by Crippen LogP contribution is -2.43.